The van der Waals surface area contributed by atoms with Gasteiger partial charge in [-0.15, -0.1) is 0 Å². The molecule has 21 heavy (non-hydrogen) atoms. The van der Waals surface area contributed by atoms with E-state index in [2.05, 4.69) is 0 Å². The molecule has 0 aromatic heterocycles. The van der Waals surface area contributed by atoms with Gasteiger partial charge in [0.25, 0.3) is 17.5 Å². The Labute approximate surface area is 121 Å². The van der Waals surface area contributed by atoms with Crippen LogP contribution in [0.15, 0.2) is 36.4 Å². The zero-order valence-electron chi connectivity index (χ0n) is 11.5. The highest BCUT2D eigenvalue weighted by Crippen LogP contribution is 2.20. The van der Waals surface area contributed by atoms with Gasteiger partial charge in [-0.3, -0.25) is 24.6 Å². The lowest BCUT2D eigenvalue weighted by molar-refractivity contribution is -0.385. The average Bonchev–Trinajstić information content (AvgIpc) is 2.46. The predicted molar refractivity (Wildman–Crippen MR) is 77.3 cm³/mol. The molecule has 0 radical (unpaired) electrons. The van der Waals surface area contributed by atoms with Crippen molar-refractivity contribution < 1.29 is 14.5 Å². The Morgan fingerprint density at radius 2 is 2.19 bits per heavy atom. The Balaban J connectivity index is 2.16. The normalized spacial score (nSPS) is 14.7. The Hall–Kier alpha value is -2.76. The van der Waals surface area contributed by atoms with Gasteiger partial charge in [0.2, 0.25) is 0 Å². The minimum atomic E-state index is -0.465. The van der Waals surface area contributed by atoms with E-state index < -0.39 is 10.8 Å². The number of imide groups is 1. The van der Waals surface area contributed by atoms with Gasteiger partial charge in [-0.25, -0.2) is 0 Å². The van der Waals surface area contributed by atoms with Gasteiger partial charge in [-0.05, 0) is 31.1 Å². The smallest absolute Gasteiger partial charge is 0.272 e. The maximum atomic E-state index is 11.9. The van der Waals surface area contributed by atoms with Crippen molar-refractivity contribution in [1.82, 2.24) is 4.90 Å². The van der Waals surface area contributed by atoms with E-state index in [1.165, 1.54) is 24.3 Å². The number of rotatable bonds is 3. The Morgan fingerprint density at radius 3 is 2.86 bits per heavy atom. The van der Waals surface area contributed by atoms with E-state index in [1.54, 1.807) is 25.1 Å². The van der Waals surface area contributed by atoms with Crippen LogP contribution in [-0.2, 0) is 9.59 Å². The van der Waals surface area contributed by atoms with Crippen LogP contribution in [0.3, 0.4) is 0 Å². The van der Waals surface area contributed by atoms with Gasteiger partial charge in [0.05, 0.1) is 4.92 Å². The number of carbonyl (C=O) groups excluding carboxylic acids is 2. The Kier molecular flexibility index (Phi) is 4.27. The first-order valence-electron chi connectivity index (χ1n) is 6.44. The van der Waals surface area contributed by atoms with Crippen molar-refractivity contribution in [3.05, 3.63) is 57.7 Å². The van der Waals surface area contributed by atoms with Gasteiger partial charge in [-0.1, -0.05) is 18.2 Å². The molecule has 1 aliphatic heterocycles. The summed E-state index contributed by atoms with van der Waals surface area (Å²) in [6.07, 6.45) is 6.46. The predicted octanol–water partition coefficient (Wildman–Crippen LogP) is 2.23. The number of aryl methyl sites for hydroxylation is 1. The lowest BCUT2D eigenvalue weighted by Crippen LogP contribution is -2.37. The van der Waals surface area contributed by atoms with Gasteiger partial charge in [-0.2, -0.15) is 0 Å². The molecular weight excluding hydrogens is 272 g/mol. The SMILES string of the molecule is Cc1ccc(/C=C/C(=O)N2CCC=CC2=O)cc1[N+](=O)[O-]. The molecule has 1 heterocycles. The van der Waals surface area contributed by atoms with E-state index in [1.807, 2.05) is 0 Å². The number of amides is 2. The fraction of sp³-hybridized carbons (Fsp3) is 0.200. The molecule has 0 saturated heterocycles. The molecule has 1 aromatic rings. The standard InChI is InChI=1S/C15H14N2O4/c1-11-5-6-12(10-13(11)17(20)21)7-8-15(19)16-9-3-2-4-14(16)18/h2,4-8,10H,3,9H2,1H3/b8-7+. The zero-order valence-corrected chi connectivity index (χ0v) is 11.5. The second-order valence-electron chi connectivity index (χ2n) is 4.66. The lowest BCUT2D eigenvalue weighted by Gasteiger charge is -2.19. The number of nitrogens with zero attached hydrogens (tertiary/aromatic N) is 2. The van der Waals surface area contributed by atoms with Crippen molar-refractivity contribution in [2.45, 2.75) is 13.3 Å². The third-order valence-electron chi connectivity index (χ3n) is 3.16. The molecule has 2 amide bonds. The molecule has 2 rings (SSSR count). The number of hydrogen-bond acceptors (Lipinski definition) is 4. The zero-order chi connectivity index (χ0) is 15.4. The average molecular weight is 286 g/mol. The minimum absolute atomic E-state index is 0.00146. The highest BCUT2D eigenvalue weighted by atomic mass is 16.6. The van der Waals surface area contributed by atoms with Gasteiger partial charge in [0.15, 0.2) is 0 Å². The van der Waals surface area contributed by atoms with Crippen LogP contribution in [0.2, 0.25) is 0 Å². The maximum absolute atomic E-state index is 11.9. The van der Waals surface area contributed by atoms with Crippen molar-refractivity contribution in [3.63, 3.8) is 0 Å². The van der Waals surface area contributed by atoms with Gasteiger partial charge in [0.1, 0.15) is 0 Å². The molecule has 0 aliphatic carbocycles. The summed E-state index contributed by atoms with van der Waals surface area (Å²) in [7, 11) is 0. The molecule has 0 bridgehead atoms. The Bertz CT molecular complexity index is 662. The highest BCUT2D eigenvalue weighted by molar-refractivity contribution is 6.06. The summed E-state index contributed by atoms with van der Waals surface area (Å²) >= 11 is 0. The van der Waals surface area contributed by atoms with Crippen LogP contribution in [0.4, 0.5) is 5.69 Å². The summed E-state index contributed by atoms with van der Waals surface area (Å²) in [5.41, 5.74) is 1.10. The van der Waals surface area contributed by atoms with Gasteiger partial charge in [0, 0.05) is 24.3 Å². The molecular formula is C15H14N2O4. The number of carbonyl (C=O) groups is 2. The molecule has 0 unspecified atom stereocenters. The first-order valence-corrected chi connectivity index (χ1v) is 6.44. The van der Waals surface area contributed by atoms with Crippen LogP contribution < -0.4 is 0 Å². The summed E-state index contributed by atoms with van der Waals surface area (Å²) in [5, 5.41) is 10.9. The van der Waals surface area contributed by atoms with Crippen LogP contribution in [0.25, 0.3) is 6.08 Å². The fourth-order valence-electron chi connectivity index (χ4n) is 1.99. The highest BCUT2D eigenvalue weighted by Gasteiger charge is 2.19. The van der Waals surface area contributed by atoms with E-state index >= 15 is 0 Å². The number of benzene rings is 1. The van der Waals surface area contributed by atoms with E-state index in [0.29, 0.717) is 24.1 Å². The van der Waals surface area contributed by atoms with E-state index in [0.717, 1.165) is 4.90 Å². The molecule has 1 aliphatic rings. The monoisotopic (exact) mass is 286 g/mol. The summed E-state index contributed by atoms with van der Waals surface area (Å²) in [5.74, 6) is -0.765. The second kappa shape index (κ2) is 6.13. The summed E-state index contributed by atoms with van der Waals surface area (Å²) in [6.45, 7) is 2.00. The van der Waals surface area contributed by atoms with Crippen LogP contribution in [0.1, 0.15) is 17.5 Å². The molecule has 0 N–H and O–H groups in total. The molecule has 0 spiro atoms. The Morgan fingerprint density at radius 1 is 1.43 bits per heavy atom. The molecule has 0 saturated carbocycles. The summed E-state index contributed by atoms with van der Waals surface area (Å²) < 4.78 is 0. The van der Waals surface area contributed by atoms with Crippen LogP contribution in [0.5, 0.6) is 0 Å². The van der Waals surface area contributed by atoms with Crippen LogP contribution >= 0.6 is 0 Å². The van der Waals surface area contributed by atoms with E-state index in [-0.39, 0.29) is 11.6 Å². The molecule has 0 fully saturated rings. The van der Waals surface area contributed by atoms with Crippen molar-refractivity contribution in [3.8, 4) is 0 Å². The third kappa shape index (κ3) is 3.42. The minimum Gasteiger partial charge on any atom is -0.275 e. The van der Waals surface area contributed by atoms with Crippen molar-refractivity contribution in [2.24, 2.45) is 0 Å². The van der Waals surface area contributed by atoms with E-state index in [9.17, 15) is 19.7 Å². The third-order valence-corrected chi connectivity index (χ3v) is 3.16. The molecule has 6 nitrogen and oxygen atoms in total. The first kappa shape index (κ1) is 14.6. The fourth-order valence-corrected chi connectivity index (χ4v) is 1.99. The second-order valence-corrected chi connectivity index (χ2v) is 4.66. The van der Waals surface area contributed by atoms with E-state index in [4.69, 9.17) is 0 Å². The number of nitro benzene ring substituents is 1. The van der Waals surface area contributed by atoms with Crippen molar-refractivity contribution in [1.29, 1.82) is 0 Å². The molecule has 1 aromatic carbocycles. The number of hydrogen-bond donors (Lipinski definition) is 0. The molecule has 108 valence electrons. The summed E-state index contributed by atoms with van der Waals surface area (Å²) in [6, 6.07) is 4.71. The molecule has 0 atom stereocenters. The van der Waals surface area contributed by atoms with Gasteiger partial charge >= 0.3 is 0 Å². The summed E-state index contributed by atoms with van der Waals surface area (Å²) in [4.78, 5) is 35.0. The van der Waals surface area contributed by atoms with Gasteiger partial charge < -0.3 is 0 Å². The molecule has 6 heteroatoms. The largest absolute Gasteiger partial charge is 0.275 e. The quantitative estimate of drug-likeness (QED) is 0.485. The lowest BCUT2D eigenvalue weighted by atomic mass is 10.1. The maximum Gasteiger partial charge on any atom is 0.272 e. The van der Waals surface area contributed by atoms with Crippen molar-refractivity contribution in [2.75, 3.05) is 6.54 Å². The number of nitro groups is 1. The van der Waals surface area contributed by atoms with Crippen LogP contribution in [0, 0.1) is 17.0 Å². The topological polar surface area (TPSA) is 80.5 Å². The van der Waals surface area contributed by atoms with Crippen molar-refractivity contribution >= 4 is 23.6 Å². The van der Waals surface area contributed by atoms with Crippen LogP contribution in [-0.4, -0.2) is 28.2 Å². The first-order chi connectivity index (χ1) is 9.99.